The van der Waals surface area contributed by atoms with Crippen molar-refractivity contribution in [2.75, 3.05) is 0 Å². The summed E-state index contributed by atoms with van der Waals surface area (Å²) >= 11 is 0. The molecule has 1 saturated carbocycles. The number of carbonyl (C=O) groups excluding carboxylic acids is 1. The number of Topliss-reactive ketones (excluding diaryl/α,β-unsaturated/α-hetero) is 1. The molecule has 0 N–H and O–H groups in total. The third kappa shape index (κ3) is 1.42. The second-order valence-electron chi connectivity index (χ2n) is 5.71. The number of ketones is 1. The van der Waals surface area contributed by atoms with Crippen molar-refractivity contribution in [3.8, 4) is 0 Å². The summed E-state index contributed by atoms with van der Waals surface area (Å²) < 4.78 is 6.07. The lowest BCUT2D eigenvalue weighted by molar-refractivity contribution is -0.155. The molecule has 2 aliphatic rings. The molecule has 15 heavy (non-hydrogen) atoms. The minimum Gasteiger partial charge on any atom is -0.491 e. The van der Waals surface area contributed by atoms with Crippen LogP contribution in [0.4, 0.5) is 0 Å². The van der Waals surface area contributed by atoms with Crippen LogP contribution < -0.4 is 0 Å². The SMILES string of the molecule is CC1=CCC2(O1)C(C)CC(=O)CC2(C)C. The van der Waals surface area contributed by atoms with Crippen molar-refractivity contribution in [2.45, 2.75) is 52.6 Å². The minimum atomic E-state index is -0.134. The molecule has 1 spiro atoms. The molecule has 0 aromatic rings. The predicted molar refractivity (Wildman–Crippen MR) is 59.4 cm³/mol. The maximum atomic E-state index is 11.6. The molecule has 2 nitrogen and oxygen atoms in total. The van der Waals surface area contributed by atoms with Gasteiger partial charge in [-0.2, -0.15) is 0 Å². The van der Waals surface area contributed by atoms with Crippen LogP contribution in [0.1, 0.15) is 47.0 Å². The maximum Gasteiger partial charge on any atom is 0.134 e. The fraction of sp³-hybridized carbons (Fsp3) is 0.769. The van der Waals surface area contributed by atoms with Crippen LogP contribution in [0.3, 0.4) is 0 Å². The number of allylic oxidation sites excluding steroid dienone is 1. The summed E-state index contributed by atoms with van der Waals surface area (Å²) in [6.45, 7) is 8.47. The second-order valence-corrected chi connectivity index (χ2v) is 5.71. The van der Waals surface area contributed by atoms with E-state index in [0.717, 1.165) is 12.2 Å². The van der Waals surface area contributed by atoms with Crippen molar-refractivity contribution in [1.29, 1.82) is 0 Å². The zero-order chi connectivity index (χ0) is 11.3. The number of hydrogen-bond donors (Lipinski definition) is 0. The molecule has 0 bridgehead atoms. The van der Waals surface area contributed by atoms with Gasteiger partial charge in [0.2, 0.25) is 0 Å². The van der Waals surface area contributed by atoms with Crippen molar-refractivity contribution in [3.05, 3.63) is 11.8 Å². The van der Waals surface area contributed by atoms with E-state index in [1.807, 2.05) is 6.92 Å². The van der Waals surface area contributed by atoms with Gasteiger partial charge in [-0.05, 0) is 13.0 Å². The van der Waals surface area contributed by atoms with E-state index in [2.05, 4.69) is 26.8 Å². The lowest BCUT2D eigenvalue weighted by Crippen LogP contribution is -2.54. The van der Waals surface area contributed by atoms with Crippen molar-refractivity contribution in [2.24, 2.45) is 11.3 Å². The summed E-state index contributed by atoms with van der Waals surface area (Å²) in [6.07, 6.45) is 4.44. The molecule has 1 fully saturated rings. The molecule has 1 heterocycles. The van der Waals surface area contributed by atoms with Crippen LogP contribution in [-0.4, -0.2) is 11.4 Å². The molecule has 2 heteroatoms. The Morgan fingerprint density at radius 2 is 2.13 bits per heavy atom. The Hall–Kier alpha value is -0.790. The zero-order valence-corrected chi connectivity index (χ0v) is 10.1. The van der Waals surface area contributed by atoms with E-state index >= 15 is 0 Å². The average molecular weight is 208 g/mol. The van der Waals surface area contributed by atoms with Gasteiger partial charge in [0.25, 0.3) is 0 Å². The van der Waals surface area contributed by atoms with Crippen molar-refractivity contribution in [1.82, 2.24) is 0 Å². The third-order valence-electron chi connectivity index (χ3n) is 4.15. The van der Waals surface area contributed by atoms with Gasteiger partial charge in [0.05, 0.1) is 5.76 Å². The van der Waals surface area contributed by atoms with Gasteiger partial charge in [-0.25, -0.2) is 0 Å². The smallest absolute Gasteiger partial charge is 0.134 e. The molecule has 0 amide bonds. The summed E-state index contributed by atoms with van der Waals surface area (Å²) in [5, 5.41) is 0. The van der Waals surface area contributed by atoms with Gasteiger partial charge in [0, 0.05) is 30.6 Å². The lowest BCUT2D eigenvalue weighted by Gasteiger charge is -2.50. The van der Waals surface area contributed by atoms with Gasteiger partial charge in [-0.3, -0.25) is 4.79 Å². The first-order valence-corrected chi connectivity index (χ1v) is 5.75. The van der Waals surface area contributed by atoms with Crippen LogP contribution in [-0.2, 0) is 9.53 Å². The van der Waals surface area contributed by atoms with E-state index in [9.17, 15) is 4.79 Å². The van der Waals surface area contributed by atoms with Gasteiger partial charge in [-0.1, -0.05) is 20.8 Å². The standard InChI is InChI=1S/C13H20O2/c1-9-7-11(14)8-12(3,4)13(9)6-5-10(2)15-13/h5,9H,6-8H2,1-4H3. The van der Waals surface area contributed by atoms with Gasteiger partial charge in [0.1, 0.15) is 11.4 Å². The van der Waals surface area contributed by atoms with E-state index in [-0.39, 0.29) is 11.0 Å². The summed E-state index contributed by atoms with van der Waals surface area (Å²) in [5.41, 5.74) is -0.180. The van der Waals surface area contributed by atoms with Crippen molar-refractivity contribution >= 4 is 5.78 Å². The summed E-state index contributed by atoms with van der Waals surface area (Å²) in [7, 11) is 0. The fourth-order valence-corrected chi connectivity index (χ4v) is 3.27. The second kappa shape index (κ2) is 3.10. The molecule has 2 atom stereocenters. The Labute approximate surface area is 91.7 Å². The summed E-state index contributed by atoms with van der Waals surface area (Å²) in [6, 6.07) is 0. The quantitative estimate of drug-likeness (QED) is 0.611. The molecular weight excluding hydrogens is 188 g/mol. The molecule has 1 aliphatic carbocycles. The molecule has 2 unspecified atom stereocenters. The van der Waals surface area contributed by atoms with Crippen LogP contribution in [0.15, 0.2) is 11.8 Å². The zero-order valence-electron chi connectivity index (χ0n) is 10.1. The highest BCUT2D eigenvalue weighted by Gasteiger charge is 2.56. The van der Waals surface area contributed by atoms with Gasteiger partial charge < -0.3 is 4.74 Å². The highest BCUT2D eigenvalue weighted by molar-refractivity contribution is 5.80. The van der Waals surface area contributed by atoms with E-state index in [1.54, 1.807) is 0 Å². The predicted octanol–water partition coefficient (Wildman–Crippen LogP) is 3.07. The van der Waals surface area contributed by atoms with Crippen LogP contribution in [0.2, 0.25) is 0 Å². The highest BCUT2D eigenvalue weighted by Crippen LogP contribution is 2.53. The molecular formula is C13H20O2. The normalized spacial score (nSPS) is 39.1. The van der Waals surface area contributed by atoms with Crippen LogP contribution in [0.25, 0.3) is 0 Å². The molecule has 0 aromatic heterocycles. The monoisotopic (exact) mass is 208 g/mol. The fourth-order valence-electron chi connectivity index (χ4n) is 3.27. The van der Waals surface area contributed by atoms with E-state index < -0.39 is 0 Å². The van der Waals surface area contributed by atoms with Crippen molar-refractivity contribution < 1.29 is 9.53 Å². The first kappa shape index (κ1) is 10.7. The Balaban J connectivity index is 2.33. The third-order valence-corrected chi connectivity index (χ3v) is 4.15. The number of hydrogen-bond acceptors (Lipinski definition) is 2. The van der Waals surface area contributed by atoms with E-state index in [0.29, 0.717) is 24.5 Å². The van der Waals surface area contributed by atoms with Gasteiger partial charge >= 0.3 is 0 Å². The molecule has 2 rings (SSSR count). The number of rotatable bonds is 0. The Kier molecular flexibility index (Phi) is 2.21. The van der Waals surface area contributed by atoms with Gasteiger partial charge in [0.15, 0.2) is 0 Å². The van der Waals surface area contributed by atoms with Gasteiger partial charge in [-0.15, -0.1) is 0 Å². The summed E-state index contributed by atoms with van der Waals surface area (Å²) in [4.78, 5) is 11.6. The van der Waals surface area contributed by atoms with Crippen LogP contribution in [0.5, 0.6) is 0 Å². The van der Waals surface area contributed by atoms with E-state index in [4.69, 9.17) is 4.74 Å². The first-order valence-electron chi connectivity index (χ1n) is 5.75. The van der Waals surface area contributed by atoms with Crippen molar-refractivity contribution in [3.63, 3.8) is 0 Å². The van der Waals surface area contributed by atoms with Crippen LogP contribution >= 0.6 is 0 Å². The summed E-state index contributed by atoms with van der Waals surface area (Å²) in [5.74, 6) is 1.72. The number of carbonyl (C=O) groups is 1. The lowest BCUT2D eigenvalue weighted by atomic mass is 9.59. The highest BCUT2D eigenvalue weighted by atomic mass is 16.5. The largest absolute Gasteiger partial charge is 0.491 e. The molecule has 0 aromatic carbocycles. The molecule has 1 aliphatic heterocycles. The topological polar surface area (TPSA) is 26.3 Å². The average Bonchev–Trinajstić information content (AvgIpc) is 2.45. The first-order chi connectivity index (χ1) is 6.87. The maximum absolute atomic E-state index is 11.6. The Morgan fingerprint density at radius 1 is 1.47 bits per heavy atom. The molecule has 0 radical (unpaired) electrons. The Bertz CT molecular complexity index is 327. The molecule has 84 valence electrons. The Morgan fingerprint density at radius 3 is 2.60 bits per heavy atom. The van der Waals surface area contributed by atoms with Crippen LogP contribution in [0, 0.1) is 11.3 Å². The number of ether oxygens (including phenoxy) is 1. The minimum absolute atomic E-state index is 0.0456. The van der Waals surface area contributed by atoms with E-state index in [1.165, 1.54) is 0 Å². The molecule has 0 saturated heterocycles.